The van der Waals surface area contributed by atoms with Crippen molar-refractivity contribution < 1.29 is 4.79 Å². The van der Waals surface area contributed by atoms with Crippen LogP contribution in [0.2, 0.25) is 5.02 Å². The molecule has 0 saturated heterocycles. The number of carbonyl (C=O) groups excluding carboxylic acids is 1. The molecule has 1 aromatic carbocycles. The van der Waals surface area contributed by atoms with E-state index in [1.807, 2.05) is 43.1 Å². The van der Waals surface area contributed by atoms with E-state index in [0.29, 0.717) is 11.6 Å². The second-order valence-electron chi connectivity index (χ2n) is 5.51. The standard InChI is InChI=1S/C17H21ClN2OS/c1-12-8-9-22-16(12)10-20(3)11-17(21)19-13(2)14-6-4-5-7-15(14)18/h4-9,13H,10-11H2,1-3H3,(H,19,21). The Labute approximate surface area is 140 Å². The Balaban J connectivity index is 1.87. The van der Waals surface area contributed by atoms with Crippen molar-refractivity contribution in [2.75, 3.05) is 13.6 Å². The van der Waals surface area contributed by atoms with Crippen molar-refractivity contribution in [1.82, 2.24) is 10.2 Å². The second-order valence-corrected chi connectivity index (χ2v) is 6.92. The minimum Gasteiger partial charge on any atom is -0.348 e. The van der Waals surface area contributed by atoms with Crippen molar-refractivity contribution in [2.24, 2.45) is 0 Å². The Bertz CT molecular complexity index is 641. The van der Waals surface area contributed by atoms with Crippen LogP contribution in [0.4, 0.5) is 0 Å². The third-order valence-corrected chi connectivity index (χ3v) is 4.90. The first-order chi connectivity index (χ1) is 10.5. The van der Waals surface area contributed by atoms with Gasteiger partial charge in [0.05, 0.1) is 12.6 Å². The minimum absolute atomic E-state index is 0.00382. The lowest BCUT2D eigenvalue weighted by Gasteiger charge is -2.19. The summed E-state index contributed by atoms with van der Waals surface area (Å²) in [5, 5.41) is 5.76. The summed E-state index contributed by atoms with van der Waals surface area (Å²) in [4.78, 5) is 15.5. The molecule has 1 N–H and O–H groups in total. The quantitative estimate of drug-likeness (QED) is 0.864. The second kappa shape index (κ2) is 7.77. The lowest BCUT2D eigenvalue weighted by atomic mass is 10.1. The molecule has 22 heavy (non-hydrogen) atoms. The number of nitrogens with one attached hydrogen (secondary N) is 1. The lowest BCUT2D eigenvalue weighted by Crippen LogP contribution is -2.36. The van der Waals surface area contributed by atoms with Crippen molar-refractivity contribution >= 4 is 28.8 Å². The van der Waals surface area contributed by atoms with Gasteiger partial charge < -0.3 is 5.32 Å². The fraction of sp³-hybridized carbons (Fsp3) is 0.353. The van der Waals surface area contributed by atoms with Crippen LogP contribution < -0.4 is 5.32 Å². The molecule has 0 saturated carbocycles. The van der Waals surface area contributed by atoms with Crippen LogP contribution in [0.15, 0.2) is 35.7 Å². The van der Waals surface area contributed by atoms with Crippen molar-refractivity contribution in [1.29, 1.82) is 0 Å². The molecule has 1 atom stereocenters. The molecule has 0 aliphatic rings. The van der Waals surface area contributed by atoms with Gasteiger partial charge in [-0.05, 0) is 49.5 Å². The molecule has 0 fully saturated rings. The van der Waals surface area contributed by atoms with Crippen molar-refractivity contribution in [3.05, 3.63) is 56.7 Å². The van der Waals surface area contributed by atoms with Gasteiger partial charge in [-0.3, -0.25) is 9.69 Å². The number of likely N-dealkylation sites (N-methyl/N-ethyl adjacent to an activating group) is 1. The zero-order valence-corrected chi connectivity index (χ0v) is 14.7. The number of hydrogen-bond acceptors (Lipinski definition) is 3. The molecule has 3 nitrogen and oxygen atoms in total. The molecule has 2 aromatic rings. The Kier molecular flexibility index (Phi) is 6.00. The highest BCUT2D eigenvalue weighted by atomic mass is 35.5. The number of amides is 1. The molecule has 1 heterocycles. The van der Waals surface area contributed by atoms with Gasteiger partial charge in [-0.2, -0.15) is 0 Å². The average molecular weight is 337 g/mol. The number of aryl methyl sites for hydroxylation is 1. The fourth-order valence-corrected chi connectivity index (χ4v) is 3.59. The van der Waals surface area contributed by atoms with E-state index in [1.54, 1.807) is 11.3 Å². The number of benzene rings is 1. The Hall–Kier alpha value is -1.36. The van der Waals surface area contributed by atoms with Crippen LogP contribution in [0.25, 0.3) is 0 Å². The monoisotopic (exact) mass is 336 g/mol. The molecule has 0 spiro atoms. The van der Waals surface area contributed by atoms with E-state index in [1.165, 1.54) is 10.4 Å². The predicted molar refractivity (Wildman–Crippen MR) is 93.4 cm³/mol. The molecule has 1 aromatic heterocycles. The van der Waals surface area contributed by atoms with Crippen LogP contribution in [0.1, 0.15) is 29.0 Å². The molecule has 5 heteroatoms. The van der Waals surface area contributed by atoms with E-state index < -0.39 is 0 Å². The molecule has 0 aliphatic carbocycles. The van der Waals surface area contributed by atoms with Gasteiger partial charge in [0.1, 0.15) is 0 Å². The third kappa shape index (κ3) is 4.57. The Morgan fingerprint density at radius 1 is 1.36 bits per heavy atom. The summed E-state index contributed by atoms with van der Waals surface area (Å²) >= 11 is 7.89. The highest BCUT2D eigenvalue weighted by Crippen LogP contribution is 2.22. The number of carbonyl (C=O) groups is 1. The summed E-state index contributed by atoms with van der Waals surface area (Å²) in [5.41, 5.74) is 2.22. The maximum Gasteiger partial charge on any atom is 0.234 e. The van der Waals surface area contributed by atoms with Gasteiger partial charge in [0.15, 0.2) is 0 Å². The van der Waals surface area contributed by atoms with Gasteiger partial charge in [-0.15, -0.1) is 11.3 Å². The smallest absolute Gasteiger partial charge is 0.234 e. The molecule has 1 unspecified atom stereocenters. The van der Waals surface area contributed by atoms with E-state index in [-0.39, 0.29) is 11.9 Å². The average Bonchev–Trinajstić information content (AvgIpc) is 2.84. The third-order valence-electron chi connectivity index (χ3n) is 3.54. The van der Waals surface area contributed by atoms with Gasteiger partial charge in [0.25, 0.3) is 0 Å². The van der Waals surface area contributed by atoms with Crippen LogP contribution in [-0.2, 0) is 11.3 Å². The summed E-state index contributed by atoms with van der Waals surface area (Å²) in [6.07, 6.45) is 0. The molecule has 0 aliphatic heterocycles. The first-order valence-corrected chi connectivity index (χ1v) is 8.48. The normalized spacial score (nSPS) is 12.4. The molecule has 0 bridgehead atoms. The van der Waals surface area contributed by atoms with Crippen molar-refractivity contribution in [2.45, 2.75) is 26.4 Å². The number of rotatable bonds is 6. The summed E-state index contributed by atoms with van der Waals surface area (Å²) in [6, 6.07) is 9.59. The van der Waals surface area contributed by atoms with Crippen LogP contribution in [-0.4, -0.2) is 24.4 Å². The number of hydrogen-bond donors (Lipinski definition) is 1. The highest BCUT2D eigenvalue weighted by molar-refractivity contribution is 7.10. The molecular weight excluding hydrogens is 316 g/mol. The van der Waals surface area contributed by atoms with Gasteiger partial charge in [-0.25, -0.2) is 0 Å². The van der Waals surface area contributed by atoms with Crippen LogP contribution in [0.3, 0.4) is 0 Å². The van der Waals surface area contributed by atoms with E-state index in [2.05, 4.69) is 23.7 Å². The first kappa shape index (κ1) is 17.0. The zero-order valence-electron chi connectivity index (χ0n) is 13.1. The van der Waals surface area contributed by atoms with E-state index in [4.69, 9.17) is 11.6 Å². The minimum atomic E-state index is -0.0990. The first-order valence-electron chi connectivity index (χ1n) is 7.22. The van der Waals surface area contributed by atoms with Crippen molar-refractivity contribution in [3.63, 3.8) is 0 Å². The predicted octanol–water partition coefficient (Wildman–Crippen LogP) is 4.02. The topological polar surface area (TPSA) is 32.3 Å². The Morgan fingerprint density at radius 2 is 2.09 bits per heavy atom. The zero-order chi connectivity index (χ0) is 16.1. The summed E-state index contributed by atoms with van der Waals surface area (Å²) in [5.74, 6) is 0.00382. The van der Waals surface area contributed by atoms with Crippen LogP contribution >= 0.6 is 22.9 Å². The molecular formula is C17H21ClN2OS. The molecule has 118 valence electrons. The van der Waals surface area contributed by atoms with Gasteiger partial charge in [0.2, 0.25) is 5.91 Å². The Morgan fingerprint density at radius 3 is 2.73 bits per heavy atom. The molecule has 0 radical (unpaired) electrons. The van der Waals surface area contributed by atoms with Gasteiger partial charge >= 0.3 is 0 Å². The van der Waals surface area contributed by atoms with E-state index in [0.717, 1.165) is 12.1 Å². The number of nitrogens with zero attached hydrogens (tertiary/aromatic N) is 1. The van der Waals surface area contributed by atoms with Gasteiger partial charge in [-0.1, -0.05) is 29.8 Å². The van der Waals surface area contributed by atoms with E-state index in [9.17, 15) is 4.79 Å². The van der Waals surface area contributed by atoms with Crippen molar-refractivity contribution in [3.8, 4) is 0 Å². The maximum absolute atomic E-state index is 12.2. The number of thiophene rings is 1. The largest absolute Gasteiger partial charge is 0.348 e. The summed E-state index contributed by atoms with van der Waals surface area (Å²) in [7, 11) is 1.96. The maximum atomic E-state index is 12.2. The van der Waals surface area contributed by atoms with Crippen LogP contribution in [0.5, 0.6) is 0 Å². The van der Waals surface area contributed by atoms with Crippen LogP contribution in [0, 0.1) is 6.92 Å². The summed E-state index contributed by atoms with van der Waals surface area (Å²) < 4.78 is 0. The molecule has 2 rings (SSSR count). The van der Waals surface area contributed by atoms with Gasteiger partial charge in [0, 0.05) is 16.4 Å². The molecule has 1 amide bonds. The fourth-order valence-electron chi connectivity index (χ4n) is 2.30. The lowest BCUT2D eigenvalue weighted by molar-refractivity contribution is -0.122. The number of halogens is 1. The SMILES string of the molecule is Cc1ccsc1CN(C)CC(=O)NC(C)c1ccccc1Cl. The highest BCUT2D eigenvalue weighted by Gasteiger charge is 2.14. The van der Waals surface area contributed by atoms with E-state index >= 15 is 0 Å². The summed E-state index contributed by atoms with van der Waals surface area (Å²) in [6.45, 7) is 5.20.